The molecule has 2 aromatic heterocycles. The van der Waals surface area contributed by atoms with Crippen molar-refractivity contribution in [2.45, 2.75) is 33.0 Å². The summed E-state index contributed by atoms with van der Waals surface area (Å²) in [6.07, 6.45) is 1.76. The molecule has 0 bridgehead atoms. The first-order valence-electron chi connectivity index (χ1n) is 7.47. The van der Waals surface area contributed by atoms with Crippen LogP contribution in [0.5, 0.6) is 0 Å². The molecule has 3 rings (SSSR count). The van der Waals surface area contributed by atoms with Gasteiger partial charge in [-0.1, -0.05) is 23.7 Å². The molecule has 120 valence electrons. The van der Waals surface area contributed by atoms with Gasteiger partial charge in [0, 0.05) is 41.8 Å². The molecule has 2 heterocycles. The lowest BCUT2D eigenvalue weighted by Crippen LogP contribution is -2.31. The predicted octanol–water partition coefficient (Wildman–Crippen LogP) is 3.82. The van der Waals surface area contributed by atoms with Crippen LogP contribution < -0.4 is 5.56 Å². The van der Waals surface area contributed by atoms with Gasteiger partial charge >= 0.3 is 0 Å². The summed E-state index contributed by atoms with van der Waals surface area (Å²) in [4.78, 5) is 19.7. The summed E-state index contributed by atoms with van der Waals surface area (Å²) in [5.74, 6) is 0. The first kappa shape index (κ1) is 16.2. The number of benzene rings is 1. The summed E-state index contributed by atoms with van der Waals surface area (Å²) in [6, 6.07) is 9.81. The Morgan fingerprint density at radius 2 is 2.13 bits per heavy atom. The van der Waals surface area contributed by atoms with Gasteiger partial charge in [-0.2, -0.15) is 0 Å². The maximum Gasteiger partial charge on any atom is 0.258 e. The molecule has 0 aliphatic heterocycles. The fourth-order valence-corrected chi connectivity index (χ4v) is 3.42. The molecule has 4 nitrogen and oxygen atoms in total. The zero-order chi connectivity index (χ0) is 16.4. The molecular formula is C17H18ClN3OS. The van der Waals surface area contributed by atoms with E-state index >= 15 is 0 Å². The van der Waals surface area contributed by atoms with Crippen LogP contribution in [-0.2, 0) is 13.1 Å². The van der Waals surface area contributed by atoms with E-state index in [9.17, 15) is 4.79 Å². The topological polar surface area (TPSA) is 37.6 Å². The number of fused-ring (bicyclic) bond motifs is 1. The molecule has 0 aliphatic rings. The zero-order valence-electron chi connectivity index (χ0n) is 13.1. The van der Waals surface area contributed by atoms with Crippen molar-refractivity contribution in [3.05, 3.63) is 68.5 Å². The fraction of sp³-hybridized carbons (Fsp3) is 0.294. The molecule has 3 aromatic rings. The highest BCUT2D eigenvalue weighted by atomic mass is 35.5. The molecule has 0 spiro atoms. The maximum atomic E-state index is 12.1. The van der Waals surface area contributed by atoms with Crippen LogP contribution in [0.2, 0.25) is 5.02 Å². The van der Waals surface area contributed by atoms with Crippen LogP contribution in [0, 0.1) is 0 Å². The summed E-state index contributed by atoms with van der Waals surface area (Å²) >= 11 is 7.54. The van der Waals surface area contributed by atoms with Crippen LogP contribution >= 0.6 is 22.9 Å². The van der Waals surface area contributed by atoms with Crippen LogP contribution in [0.1, 0.15) is 25.1 Å². The van der Waals surface area contributed by atoms with E-state index in [-0.39, 0.29) is 5.56 Å². The zero-order valence-corrected chi connectivity index (χ0v) is 14.6. The van der Waals surface area contributed by atoms with Crippen molar-refractivity contribution < 1.29 is 0 Å². The van der Waals surface area contributed by atoms with E-state index in [1.807, 2.05) is 23.6 Å². The Bertz CT molecular complexity index is 871. The maximum absolute atomic E-state index is 12.1. The highest BCUT2D eigenvalue weighted by molar-refractivity contribution is 7.15. The lowest BCUT2D eigenvalue weighted by Gasteiger charge is -2.26. The average Bonchev–Trinajstić information content (AvgIpc) is 2.95. The highest BCUT2D eigenvalue weighted by Crippen LogP contribution is 2.16. The second-order valence-electron chi connectivity index (χ2n) is 5.77. The lowest BCUT2D eigenvalue weighted by molar-refractivity contribution is 0.201. The van der Waals surface area contributed by atoms with Gasteiger partial charge in [0.05, 0.1) is 5.69 Å². The normalized spacial score (nSPS) is 11.7. The van der Waals surface area contributed by atoms with Crippen LogP contribution in [0.25, 0.3) is 4.96 Å². The molecule has 0 amide bonds. The van der Waals surface area contributed by atoms with Crippen molar-refractivity contribution in [3.8, 4) is 0 Å². The van der Waals surface area contributed by atoms with Gasteiger partial charge in [0.2, 0.25) is 0 Å². The SMILES string of the molecule is CC(C)N(Cc1cccc(Cl)c1)Cc1cc(=O)n2ccsc2n1. The number of hydrogen-bond acceptors (Lipinski definition) is 4. The third-order valence-electron chi connectivity index (χ3n) is 3.73. The summed E-state index contributed by atoms with van der Waals surface area (Å²) in [5.41, 5.74) is 1.92. The third-order valence-corrected chi connectivity index (χ3v) is 4.72. The molecule has 0 fully saturated rings. The molecule has 0 saturated heterocycles. The molecule has 0 N–H and O–H groups in total. The molecule has 0 atom stereocenters. The number of halogens is 1. The molecular weight excluding hydrogens is 330 g/mol. The second kappa shape index (κ2) is 6.83. The van der Waals surface area contributed by atoms with E-state index in [0.717, 1.165) is 27.8 Å². The molecule has 6 heteroatoms. The number of aromatic nitrogens is 2. The first-order chi connectivity index (χ1) is 11.0. The van der Waals surface area contributed by atoms with Crippen molar-refractivity contribution in [2.75, 3.05) is 0 Å². The smallest absolute Gasteiger partial charge is 0.258 e. The Morgan fingerprint density at radius 1 is 1.30 bits per heavy atom. The average molecular weight is 348 g/mol. The van der Waals surface area contributed by atoms with Crippen molar-refractivity contribution >= 4 is 27.9 Å². The fourth-order valence-electron chi connectivity index (χ4n) is 2.47. The van der Waals surface area contributed by atoms with E-state index in [1.54, 1.807) is 16.7 Å². The number of rotatable bonds is 5. The standard InChI is InChI=1S/C17H18ClN3OS/c1-12(2)20(10-13-4-3-5-14(18)8-13)11-15-9-16(22)21-6-7-23-17(21)19-15/h3-9,12H,10-11H2,1-2H3. The van der Waals surface area contributed by atoms with Gasteiger partial charge < -0.3 is 0 Å². The van der Waals surface area contributed by atoms with E-state index in [2.05, 4.69) is 29.8 Å². The minimum Gasteiger partial charge on any atom is -0.291 e. The monoisotopic (exact) mass is 347 g/mol. The summed E-state index contributed by atoms with van der Waals surface area (Å²) < 4.78 is 1.57. The Balaban J connectivity index is 1.85. The van der Waals surface area contributed by atoms with E-state index < -0.39 is 0 Å². The molecule has 0 aliphatic carbocycles. The quantitative estimate of drug-likeness (QED) is 0.704. The second-order valence-corrected chi connectivity index (χ2v) is 7.08. The van der Waals surface area contributed by atoms with Gasteiger partial charge in [-0.15, -0.1) is 11.3 Å². The van der Waals surface area contributed by atoms with Gasteiger partial charge in [0.15, 0.2) is 4.96 Å². The van der Waals surface area contributed by atoms with Gasteiger partial charge in [0.1, 0.15) is 0 Å². The minimum absolute atomic E-state index is 0.0299. The van der Waals surface area contributed by atoms with Crippen LogP contribution in [0.4, 0.5) is 0 Å². The molecule has 0 saturated carbocycles. The predicted molar refractivity (Wildman–Crippen MR) is 95.2 cm³/mol. The summed E-state index contributed by atoms with van der Waals surface area (Å²) in [5, 5.41) is 2.61. The number of nitrogens with zero attached hydrogens (tertiary/aromatic N) is 3. The van der Waals surface area contributed by atoms with Gasteiger partial charge in [0.25, 0.3) is 5.56 Å². The van der Waals surface area contributed by atoms with Crippen molar-refractivity contribution in [1.29, 1.82) is 0 Å². The van der Waals surface area contributed by atoms with E-state index in [4.69, 9.17) is 11.6 Å². The Kier molecular flexibility index (Phi) is 4.80. The highest BCUT2D eigenvalue weighted by Gasteiger charge is 2.13. The van der Waals surface area contributed by atoms with Crippen molar-refractivity contribution in [3.63, 3.8) is 0 Å². The molecule has 0 radical (unpaired) electrons. The molecule has 1 aromatic carbocycles. The first-order valence-corrected chi connectivity index (χ1v) is 8.73. The summed E-state index contributed by atoms with van der Waals surface area (Å²) in [6.45, 7) is 5.68. The Hall–Kier alpha value is -1.69. The largest absolute Gasteiger partial charge is 0.291 e. The number of hydrogen-bond donors (Lipinski definition) is 0. The van der Waals surface area contributed by atoms with Crippen molar-refractivity contribution in [2.24, 2.45) is 0 Å². The minimum atomic E-state index is -0.0299. The van der Waals surface area contributed by atoms with Crippen molar-refractivity contribution in [1.82, 2.24) is 14.3 Å². The Labute approximate surface area is 144 Å². The lowest BCUT2D eigenvalue weighted by atomic mass is 10.2. The van der Waals surface area contributed by atoms with Gasteiger partial charge in [-0.3, -0.25) is 14.1 Å². The third kappa shape index (κ3) is 3.80. The van der Waals surface area contributed by atoms with Gasteiger partial charge in [-0.05, 0) is 31.5 Å². The molecule has 23 heavy (non-hydrogen) atoms. The van der Waals surface area contributed by atoms with Crippen LogP contribution in [0.15, 0.2) is 46.7 Å². The summed E-state index contributed by atoms with van der Waals surface area (Å²) in [7, 11) is 0. The number of thiazole rings is 1. The van der Waals surface area contributed by atoms with Crippen LogP contribution in [-0.4, -0.2) is 20.3 Å². The van der Waals surface area contributed by atoms with Crippen LogP contribution in [0.3, 0.4) is 0 Å². The van der Waals surface area contributed by atoms with Gasteiger partial charge in [-0.25, -0.2) is 4.98 Å². The molecule has 0 unspecified atom stereocenters. The van der Waals surface area contributed by atoms with E-state index in [0.29, 0.717) is 12.6 Å². The Morgan fingerprint density at radius 3 is 2.87 bits per heavy atom. The van der Waals surface area contributed by atoms with E-state index in [1.165, 1.54) is 11.3 Å².